The fourth-order valence-corrected chi connectivity index (χ4v) is 2.73. The van der Waals surface area contributed by atoms with Crippen molar-refractivity contribution in [2.24, 2.45) is 0 Å². The fourth-order valence-electron chi connectivity index (χ4n) is 2.73. The predicted molar refractivity (Wildman–Crippen MR) is 78.8 cm³/mol. The molecule has 104 valence electrons. The van der Waals surface area contributed by atoms with Crippen molar-refractivity contribution in [3.05, 3.63) is 29.8 Å². The van der Waals surface area contributed by atoms with Crippen LogP contribution in [0.15, 0.2) is 24.3 Å². The quantitative estimate of drug-likeness (QED) is 0.646. The van der Waals surface area contributed by atoms with Crippen molar-refractivity contribution in [3.8, 4) is 0 Å². The third kappa shape index (κ3) is 4.93. The number of aryl methyl sites for hydroxylation is 1. The van der Waals surface area contributed by atoms with Crippen molar-refractivity contribution in [2.45, 2.75) is 57.4 Å². The van der Waals surface area contributed by atoms with Crippen LogP contribution >= 0.6 is 0 Å². The van der Waals surface area contributed by atoms with Crippen LogP contribution in [0.2, 0.25) is 0 Å². The first-order chi connectivity index (χ1) is 9.24. The van der Waals surface area contributed by atoms with Crippen molar-refractivity contribution >= 4 is 11.6 Å². The Morgan fingerprint density at radius 2 is 1.95 bits per heavy atom. The highest BCUT2D eigenvalue weighted by Crippen LogP contribution is 2.17. The smallest absolute Gasteiger partial charge is 0.220 e. The number of anilines is 1. The zero-order chi connectivity index (χ0) is 13.5. The fraction of sp³-hybridized carbons (Fsp3) is 0.562. The lowest BCUT2D eigenvalue weighted by Crippen LogP contribution is -2.34. The molecule has 1 fully saturated rings. The molecule has 0 aliphatic heterocycles. The van der Waals surface area contributed by atoms with E-state index >= 15 is 0 Å². The van der Waals surface area contributed by atoms with Gasteiger partial charge < -0.3 is 11.1 Å². The van der Waals surface area contributed by atoms with Gasteiger partial charge in [0.1, 0.15) is 0 Å². The summed E-state index contributed by atoms with van der Waals surface area (Å²) < 4.78 is 0. The summed E-state index contributed by atoms with van der Waals surface area (Å²) in [7, 11) is 0. The highest BCUT2D eigenvalue weighted by Gasteiger charge is 2.14. The van der Waals surface area contributed by atoms with Crippen LogP contribution in [0.5, 0.6) is 0 Å². The molecule has 2 rings (SSSR count). The van der Waals surface area contributed by atoms with Crippen molar-refractivity contribution in [1.29, 1.82) is 0 Å². The second-order valence-corrected chi connectivity index (χ2v) is 5.50. The molecule has 19 heavy (non-hydrogen) atoms. The molecule has 0 heterocycles. The summed E-state index contributed by atoms with van der Waals surface area (Å²) in [6.45, 7) is 0. The number of nitrogen functional groups attached to an aromatic ring is 1. The predicted octanol–water partition coefficient (Wildman–Crippen LogP) is 3.04. The van der Waals surface area contributed by atoms with Gasteiger partial charge in [-0.05, 0) is 37.0 Å². The molecule has 3 heteroatoms. The van der Waals surface area contributed by atoms with Crippen LogP contribution in [0.1, 0.15) is 50.5 Å². The van der Waals surface area contributed by atoms with Crippen LogP contribution in [0.3, 0.4) is 0 Å². The second kappa shape index (κ2) is 7.17. The summed E-state index contributed by atoms with van der Waals surface area (Å²) in [5.41, 5.74) is 7.63. The molecule has 3 nitrogen and oxygen atoms in total. The van der Waals surface area contributed by atoms with Gasteiger partial charge in [-0.25, -0.2) is 0 Å². The van der Waals surface area contributed by atoms with Gasteiger partial charge in [0.15, 0.2) is 0 Å². The van der Waals surface area contributed by atoms with E-state index in [2.05, 4.69) is 5.32 Å². The molecule has 0 radical (unpaired) electrons. The van der Waals surface area contributed by atoms with E-state index in [-0.39, 0.29) is 5.91 Å². The summed E-state index contributed by atoms with van der Waals surface area (Å²) in [5.74, 6) is 0.175. The van der Waals surface area contributed by atoms with E-state index in [1.165, 1.54) is 25.7 Å². The normalized spacial score (nSPS) is 16.8. The van der Waals surface area contributed by atoms with Gasteiger partial charge in [0.05, 0.1) is 0 Å². The van der Waals surface area contributed by atoms with E-state index in [1.54, 1.807) is 0 Å². The topological polar surface area (TPSA) is 55.1 Å². The van der Waals surface area contributed by atoms with E-state index < -0.39 is 0 Å². The van der Waals surface area contributed by atoms with Crippen LogP contribution < -0.4 is 11.1 Å². The van der Waals surface area contributed by atoms with Crippen LogP contribution in [-0.2, 0) is 11.2 Å². The van der Waals surface area contributed by atoms with Gasteiger partial charge in [-0.2, -0.15) is 0 Å². The Labute approximate surface area is 115 Å². The lowest BCUT2D eigenvalue weighted by molar-refractivity contribution is -0.121. The Hall–Kier alpha value is -1.51. The number of carbonyl (C=O) groups is 1. The molecule has 1 saturated carbocycles. The van der Waals surface area contributed by atoms with E-state index in [1.807, 2.05) is 24.3 Å². The summed E-state index contributed by atoms with van der Waals surface area (Å²) >= 11 is 0. The standard InChI is InChI=1S/C16H24N2O/c17-14-7-5-6-13(12-14)10-11-16(19)18-15-8-3-1-2-4-9-15/h5-7,12,15H,1-4,8-11,17H2,(H,18,19). The van der Waals surface area contributed by atoms with Crippen LogP contribution in [0, 0.1) is 0 Å². The van der Waals surface area contributed by atoms with Gasteiger partial charge in [-0.3, -0.25) is 4.79 Å². The molecule has 0 atom stereocenters. The lowest BCUT2D eigenvalue weighted by Gasteiger charge is -2.16. The lowest BCUT2D eigenvalue weighted by atomic mass is 10.1. The molecule has 1 aromatic rings. The molecular weight excluding hydrogens is 236 g/mol. The van der Waals surface area contributed by atoms with Gasteiger partial charge in [0.2, 0.25) is 5.91 Å². The average molecular weight is 260 g/mol. The van der Waals surface area contributed by atoms with E-state index in [9.17, 15) is 4.79 Å². The maximum absolute atomic E-state index is 11.9. The number of hydrogen-bond donors (Lipinski definition) is 2. The average Bonchev–Trinajstić information content (AvgIpc) is 2.65. The second-order valence-electron chi connectivity index (χ2n) is 5.50. The Morgan fingerprint density at radius 3 is 2.63 bits per heavy atom. The van der Waals surface area contributed by atoms with Crippen molar-refractivity contribution < 1.29 is 4.79 Å². The minimum absolute atomic E-state index is 0.175. The SMILES string of the molecule is Nc1cccc(CCC(=O)NC2CCCCCC2)c1. The first kappa shape index (κ1) is 13.9. The Balaban J connectivity index is 1.74. The van der Waals surface area contributed by atoms with Gasteiger partial charge in [-0.1, -0.05) is 37.8 Å². The number of benzene rings is 1. The zero-order valence-corrected chi connectivity index (χ0v) is 11.5. The maximum Gasteiger partial charge on any atom is 0.220 e. The maximum atomic E-state index is 11.9. The Kier molecular flexibility index (Phi) is 5.25. The van der Waals surface area contributed by atoms with E-state index in [0.717, 1.165) is 30.5 Å². The van der Waals surface area contributed by atoms with Gasteiger partial charge in [0.25, 0.3) is 0 Å². The van der Waals surface area contributed by atoms with E-state index in [4.69, 9.17) is 5.73 Å². The molecular formula is C16H24N2O. The molecule has 0 saturated heterocycles. The minimum Gasteiger partial charge on any atom is -0.399 e. The molecule has 1 aliphatic carbocycles. The van der Waals surface area contributed by atoms with Gasteiger partial charge in [0, 0.05) is 18.2 Å². The number of rotatable bonds is 4. The number of amides is 1. The highest BCUT2D eigenvalue weighted by atomic mass is 16.1. The first-order valence-corrected chi connectivity index (χ1v) is 7.38. The number of nitrogens with one attached hydrogen (secondary N) is 1. The molecule has 1 aliphatic rings. The van der Waals surface area contributed by atoms with Gasteiger partial charge >= 0.3 is 0 Å². The minimum atomic E-state index is 0.175. The molecule has 0 aromatic heterocycles. The molecule has 1 amide bonds. The third-order valence-corrected chi connectivity index (χ3v) is 3.81. The van der Waals surface area contributed by atoms with E-state index in [0.29, 0.717) is 12.5 Å². The van der Waals surface area contributed by atoms with Crippen LogP contribution in [-0.4, -0.2) is 11.9 Å². The zero-order valence-electron chi connectivity index (χ0n) is 11.5. The number of carbonyl (C=O) groups excluding carboxylic acids is 1. The van der Waals surface area contributed by atoms with Crippen molar-refractivity contribution in [2.75, 3.05) is 5.73 Å². The largest absolute Gasteiger partial charge is 0.399 e. The van der Waals surface area contributed by atoms with Gasteiger partial charge in [-0.15, -0.1) is 0 Å². The molecule has 3 N–H and O–H groups in total. The molecule has 0 bridgehead atoms. The highest BCUT2D eigenvalue weighted by molar-refractivity contribution is 5.76. The summed E-state index contributed by atoms with van der Waals surface area (Å²) in [6.07, 6.45) is 8.74. The number of nitrogens with two attached hydrogens (primary N) is 1. The van der Waals surface area contributed by atoms with Crippen LogP contribution in [0.25, 0.3) is 0 Å². The number of hydrogen-bond acceptors (Lipinski definition) is 2. The summed E-state index contributed by atoms with van der Waals surface area (Å²) in [5, 5.41) is 3.17. The monoisotopic (exact) mass is 260 g/mol. The molecule has 0 spiro atoms. The molecule has 1 aromatic carbocycles. The first-order valence-electron chi connectivity index (χ1n) is 7.38. The van der Waals surface area contributed by atoms with Crippen molar-refractivity contribution in [1.82, 2.24) is 5.32 Å². The van der Waals surface area contributed by atoms with Crippen molar-refractivity contribution in [3.63, 3.8) is 0 Å². The summed E-state index contributed by atoms with van der Waals surface area (Å²) in [6, 6.07) is 8.17. The Morgan fingerprint density at radius 1 is 1.21 bits per heavy atom. The Bertz CT molecular complexity index is 409. The third-order valence-electron chi connectivity index (χ3n) is 3.81. The summed E-state index contributed by atoms with van der Waals surface area (Å²) in [4.78, 5) is 11.9. The molecule has 0 unspecified atom stereocenters. The van der Waals surface area contributed by atoms with Crippen LogP contribution in [0.4, 0.5) is 5.69 Å².